The first-order valence-electron chi connectivity index (χ1n) is 8.29. The highest BCUT2D eigenvalue weighted by atomic mass is 16.6. The van der Waals surface area contributed by atoms with Gasteiger partial charge in [-0.05, 0) is 24.5 Å². The summed E-state index contributed by atoms with van der Waals surface area (Å²) in [5.74, 6) is -0.748. The van der Waals surface area contributed by atoms with Gasteiger partial charge in [-0.2, -0.15) is 0 Å². The highest BCUT2D eigenvalue weighted by Crippen LogP contribution is 2.61. The lowest BCUT2D eigenvalue weighted by Crippen LogP contribution is -2.41. The van der Waals surface area contributed by atoms with Crippen LogP contribution in [0.4, 0.5) is 5.69 Å². The fraction of sp³-hybridized carbons (Fsp3) is 0.471. The van der Waals surface area contributed by atoms with E-state index in [0.29, 0.717) is 0 Å². The van der Waals surface area contributed by atoms with Crippen molar-refractivity contribution in [1.82, 2.24) is 4.90 Å². The Kier molecular flexibility index (Phi) is 2.71. The first-order valence-corrected chi connectivity index (χ1v) is 8.29. The number of hydrogen-bond donors (Lipinski definition) is 0. The number of non-ortho nitro benzene ring substituents is 1. The third-order valence-electron chi connectivity index (χ3n) is 6.28. The second kappa shape index (κ2) is 4.65. The second-order valence-corrected chi connectivity index (χ2v) is 7.23. The molecule has 2 bridgehead atoms. The van der Waals surface area contributed by atoms with Crippen molar-refractivity contribution in [3.05, 3.63) is 39.9 Å². The average molecular weight is 341 g/mol. The molecule has 0 spiro atoms. The van der Waals surface area contributed by atoms with Crippen molar-refractivity contribution in [3.63, 3.8) is 0 Å². The SMILES string of the molecule is CN1C(=O)[C@@H]2[C@H]3C[C@@H]([C@@H]4C(c5ccc([N+](=O)[O-])cc5)=NO[C@H]34)[C@@H]2C1=O. The fourth-order valence-corrected chi connectivity index (χ4v) is 5.27. The van der Waals surface area contributed by atoms with Crippen molar-refractivity contribution in [2.45, 2.75) is 12.5 Å². The van der Waals surface area contributed by atoms with E-state index in [1.807, 2.05) is 0 Å². The molecule has 0 N–H and O–H groups in total. The lowest BCUT2D eigenvalue weighted by atomic mass is 9.71. The summed E-state index contributed by atoms with van der Waals surface area (Å²) in [5.41, 5.74) is 1.53. The number of nitro groups is 1. The Balaban J connectivity index is 1.49. The maximum Gasteiger partial charge on any atom is 0.269 e. The molecule has 0 unspecified atom stereocenters. The summed E-state index contributed by atoms with van der Waals surface area (Å²) >= 11 is 0. The van der Waals surface area contributed by atoms with Gasteiger partial charge >= 0.3 is 0 Å². The first-order chi connectivity index (χ1) is 12.0. The number of imide groups is 1. The van der Waals surface area contributed by atoms with Gasteiger partial charge in [0, 0.05) is 36.6 Å². The molecule has 8 nitrogen and oxygen atoms in total. The van der Waals surface area contributed by atoms with Crippen LogP contribution in [-0.2, 0) is 14.4 Å². The molecular weight excluding hydrogens is 326 g/mol. The Morgan fingerprint density at radius 3 is 2.40 bits per heavy atom. The summed E-state index contributed by atoms with van der Waals surface area (Å²) in [7, 11) is 1.55. The van der Waals surface area contributed by atoms with Gasteiger partial charge in [0.1, 0.15) is 6.10 Å². The van der Waals surface area contributed by atoms with Gasteiger partial charge in [0.2, 0.25) is 11.8 Å². The monoisotopic (exact) mass is 341 g/mol. The lowest BCUT2D eigenvalue weighted by molar-refractivity contribution is -0.384. The van der Waals surface area contributed by atoms with Crippen LogP contribution in [0.15, 0.2) is 29.4 Å². The number of nitro benzene ring substituents is 1. The molecule has 0 aromatic heterocycles. The van der Waals surface area contributed by atoms with E-state index in [1.165, 1.54) is 17.0 Å². The molecule has 2 saturated carbocycles. The Hall–Kier alpha value is -2.77. The van der Waals surface area contributed by atoms with Crippen molar-refractivity contribution in [3.8, 4) is 0 Å². The van der Waals surface area contributed by atoms with Crippen LogP contribution >= 0.6 is 0 Å². The Morgan fingerprint density at radius 2 is 1.76 bits per heavy atom. The minimum atomic E-state index is -0.444. The number of amides is 2. The predicted molar refractivity (Wildman–Crippen MR) is 84.4 cm³/mol. The van der Waals surface area contributed by atoms with Gasteiger partial charge in [-0.3, -0.25) is 24.6 Å². The summed E-state index contributed by atoms with van der Waals surface area (Å²) in [6, 6.07) is 6.22. The Morgan fingerprint density at radius 1 is 1.12 bits per heavy atom. The van der Waals surface area contributed by atoms with Crippen molar-refractivity contribution in [2.24, 2.45) is 34.7 Å². The van der Waals surface area contributed by atoms with Crippen molar-refractivity contribution in [1.29, 1.82) is 0 Å². The molecule has 2 amide bonds. The van der Waals surface area contributed by atoms with Gasteiger partial charge < -0.3 is 4.84 Å². The molecule has 5 rings (SSSR count). The zero-order chi connectivity index (χ0) is 17.5. The molecule has 2 aliphatic carbocycles. The summed E-state index contributed by atoms with van der Waals surface area (Å²) < 4.78 is 0. The number of benzene rings is 1. The first kappa shape index (κ1) is 14.6. The molecule has 128 valence electrons. The molecule has 2 heterocycles. The highest BCUT2D eigenvalue weighted by Gasteiger charge is 2.69. The van der Waals surface area contributed by atoms with E-state index in [-0.39, 0.29) is 53.2 Å². The standard InChI is InChI=1S/C17H15N3O5/c1-19-16(21)11-9-6-10(12(11)17(19)22)15-13(9)14(18-25-15)7-2-4-8(5-3-7)20(23)24/h2-5,9-13,15H,6H2,1H3/t9-,10-,11+,12-,13-,15-/m1/s1. The normalized spacial score (nSPS) is 37.8. The van der Waals surface area contributed by atoms with E-state index in [2.05, 4.69) is 5.16 Å². The number of likely N-dealkylation sites (tertiary alicyclic amines) is 1. The third-order valence-corrected chi connectivity index (χ3v) is 6.28. The predicted octanol–water partition coefficient (Wildman–Crippen LogP) is 1.19. The van der Waals surface area contributed by atoms with E-state index >= 15 is 0 Å². The van der Waals surface area contributed by atoms with Crippen molar-refractivity contribution < 1.29 is 19.3 Å². The number of oxime groups is 1. The number of rotatable bonds is 2. The molecule has 2 aliphatic heterocycles. The maximum absolute atomic E-state index is 12.5. The fourth-order valence-electron chi connectivity index (χ4n) is 5.27. The van der Waals surface area contributed by atoms with Crippen LogP contribution in [0.2, 0.25) is 0 Å². The largest absolute Gasteiger partial charge is 0.391 e. The number of nitrogens with zero attached hydrogens (tertiary/aromatic N) is 3. The quantitative estimate of drug-likeness (QED) is 0.457. The van der Waals surface area contributed by atoms with Crippen LogP contribution in [0.3, 0.4) is 0 Å². The maximum atomic E-state index is 12.5. The minimum Gasteiger partial charge on any atom is -0.391 e. The Labute approximate surface area is 142 Å². The highest BCUT2D eigenvalue weighted by molar-refractivity contribution is 6.08. The second-order valence-electron chi connectivity index (χ2n) is 7.23. The van der Waals surface area contributed by atoms with Crippen LogP contribution < -0.4 is 0 Å². The van der Waals surface area contributed by atoms with Gasteiger partial charge in [0.05, 0.1) is 22.5 Å². The smallest absolute Gasteiger partial charge is 0.269 e. The molecule has 1 saturated heterocycles. The zero-order valence-corrected chi connectivity index (χ0v) is 13.4. The minimum absolute atomic E-state index is 0.0145. The van der Waals surface area contributed by atoms with Crippen LogP contribution in [0.5, 0.6) is 0 Å². The van der Waals surface area contributed by atoms with Crippen LogP contribution in [0.25, 0.3) is 0 Å². The van der Waals surface area contributed by atoms with Gasteiger partial charge in [-0.25, -0.2) is 0 Å². The third kappa shape index (κ3) is 1.69. The number of carbonyl (C=O) groups is 2. The molecule has 1 aromatic rings. The molecule has 25 heavy (non-hydrogen) atoms. The van der Waals surface area contributed by atoms with E-state index in [9.17, 15) is 19.7 Å². The number of hydrogen-bond acceptors (Lipinski definition) is 6. The summed E-state index contributed by atoms with van der Waals surface area (Å²) in [4.78, 5) is 42.1. The van der Waals surface area contributed by atoms with Gasteiger partial charge in [0.25, 0.3) is 5.69 Å². The lowest BCUT2D eigenvalue weighted by Gasteiger charge is -2.29. The van der Waals surface area contributed by atoms with Crippen LogP contribution in [0, 0.1) is 39.7 Å². The van der Waals surface area contributed by atoms with E-state index in [0.717, 1.165) is 17.7 Å². The molecular formula is C17H15N3O5. The summed E-state index contributed by atoms with van der Waals surface area (Å²) in [5, 5.41) is 15.0. The molecule has 4 aliphatic rings. The molecule has 0 radical (unpaired) electrons. The molecule has 3 fully saturated rings. The van der Waals surface area contributed by atoms with E-state index in [1.54, 1.807) is 19.2 Å². The van der Waals surface area contributed by atoms with E-state index < -0.39 is 4.92 Å². The van der Waals surface area contributed by atoms with Crippen LogP contribution in [-0.4, -0.2) is 40.5 Å². The Bertz CT molecular complexity index is 848. The topological polar surface area (TPSA) is 102 Å². The molecule has 8 heteroatoms. The van der Waals surface area contributed by atoms with Crippen molar-refractivity contribution >= 4 is 23.2 Å². The van der Waals surface area contributed by atoms with Crippen LogP contribution in [0.1, 0.15) is 12.0 Å². The summed E-state index contributed by atoms with van der Waals surface area (Å²) in [6.07, 6.45) is 0.613. The van der Waals surface area contributed by atoms with Gasteiger partial charge in [0.15, 0.2) is 0 Å². The average Bonchev–Trinajstić information content (AvgIpc) is 3.33. The van der Waals surface area contributed by atoms with Crippen molar-refractivity contribution in [2.75, 3.05) is 7.05 Å². The number of carbonyl (C=O) groups excluding carboxylic acids is 2. The number of fused-ring (bicyclic) bond motifs is 8. The van der Waals surface area contributed by atoms with E-state index in [4.69, 9.17) is 4.84 Å². The van der Waals surface area contributed by atoms with Gasteiger partial charge in [-0.15, -0.1) is 0 Å². The van der Waals surface area contributed by atoms with Gasteiger partial charge in [-0.1, -0.05) is 5.16 Å². The summed E-state index contributed by atoms with van der Waals surface area (Å²) in [6.45, 7) is 0. The molecule has 6 atom stereocenters. The zero-order valence-electron chi connectivity index (χ0n) is 13.4. The molecule has 1 aromatic carbocycles.